The van der Waals surface area contributed by atoms with Gasteiger partial charge in [-0.05, 0) is 39.8 Å². The van der Waals surface area contributed by atoms with E-state index < -0.39 is 0 Å². The fraction of sp³-hybridized carbons (Fsp3) is 0.0556. The van der Waals surface area contributed by atoms with Gasteiger partial charge in [0.05, 0.1) is 11.7 Å². The Hall–Kier alpha value is -3.61. The van der Waals surface area contributed by atoms with Crippen LogP contribution in [0.1, 0.15) is 17.2 Å². The van der Waals surface area contributed by atoms with Crippen molar-refractivity contribution >= 4 is 5.95 Å². The van der Waals surface area contributed by atoms with Crippen molar-refractivity contribution in [2.45, 2.75) is 6.04 Å². The molecule has 0 aliphatic rings. The predicted molar refractivity (Wildman–Crippen MR) is 93.1 cm³/mol. The molecule has 0 saturated carbocycles. The number of hydrogen-bond donors (Lipinski definition) is 1. The van der Waals surface area contributed by atoms with E-state index in [1.165, 1.54) is 0 Å². The lowest BCUT2D eigenvalue weighted by Gasteiger charge is -2.20. The third kappa shape index (κ3) is 3.35. The van der Waals surface area contributed by atoms with Crippen LogP contribution in [0, 0.1) is 0 Å². The smallest absolute Gasteiger partial charge is 0.223 e. The molecule has 0 bridgehead atoms. The Morgan fingerprint density at radius 3 is 2.20 bits per heavy atom. The molecule has 7 nitrogen and oxygen atoms in total. The zero-order valence-electron chi connectivity index (χ0n) is 13.3. The number of rotatable bonds is 5. The van der Waals surface area contributed by atoms with E-state index in [4.69, 9.17) is 0 Å². The molecule has 0 radical (unpaired) electrons. The van der Waals surface area contributed by atoms with Crippen LogP contribution in [0.3, 0.4) is 0 Å². The summed E-state index contributed by atoms with van der Waals surface area (Å²) in [6.45, 7) is 0. The van der Waals surface area contributed by atoms with Gasteiger partial charge in [-0.3, -0.25) is 0 Å². The van der Waals surface area contributed by atoms with Gasteiger partial charge in [0, 0.05) is 12.4 Å². The van der Waals surface area contributed by atoms with Gasteiger partial charge in [-0.25, -0.2) is 14.6 Å². The Morgan fingerprint density at radius 1 is 0.800 bits per heavy atom. The second-order valence-corrected chi connectivity index (χ2v) is 5.41. The molecule has 0 amide bonds. The second kappa shape index (κ2) is 6.88. The van der Waals surface area contributed by atoms with Crippen LogP contribution in [0.2, 0.25) is 0 Å². The fourth-order valence-electron chi connectivity index (χ4n) is 2.61. The quantitative estimate of drug-likeness (QED) is 0.606. The number of nitrogens with one attached hydrogen (secondary N) is 1. The van der Waals surface area contributed by atoms with Crippen molar-refractivity contribution in [3.63, 3.8) is 0 Å². The van der Waals surface area contributed by atoms with Gasteiger partial charge in [-0.2, -0.15) is 0 Å². The van der Waals surface area contributed by atoms with Gasteiger partial charge in [-0.15, -0.1) is 5.10 Å². The molecule has 7 heteroatoms. The van der Waals surface area contributed by atoms with Crippen molar-refractivity contribution in [3.8, 4) is 5.69 Å². The first kappa shape index (κ1) is 14.9. The number of tetrazole rings is 1. The molecule has 2 aromatic carbocycles. The molecule has 1 unspecified atom stereocenters. The maximum atomic E-state index is 4.27. The Balaban J connectivity index is 1.68. The van der Waals surface area contributed by atoms with Gasteiger partial charge in [0.2, 0.25) is 5.95 Å². The molecule has 2 aromatic heterocycles. The molecule has 4 aromatic rings. The van der Waals surface area contributed by atoms with Crippen LogP contribution in [0.4, 0.5) is 5.95 Å². The number of anilines is 1. The van der Waals surface area contributed by atoms with Crippen molar-refractivity contribution in [2.24, 2.45) is 0 Å². The number of nitrogens with zero attached hydrogens (tertiary/aromatic N) is 6. The highest BCUT2D eigenvalue weighted by Gasteiger charge is 2.15. The van der Waals surface area contributed by atoms with Crippen LogP contribution in [0.15, 0.2) is 79.4 Å². The highest BCUT2D eigenvalue weighted by atomic mass is 15.5. The molecule has 0 spiro atoms. The summed E-state index contributed by atoms with van der Waals surface area (Å²) < 4.78 is 1.62. The lowest BCUT2D eigenvalue weighted by molar-refractivity contribution is 0.788. The maximum Gasteiger partial charge on any atom is 0.223 e. The molecule has 25 heavy (non-hydrogen) atoms. The molecule has 0 aliphatic carbocycles. The minimum atomic E-state index is -0.0634. The summed E-state index contributed by atoms with van der Waals surface area (Å²) in [5.41, 5.74) is 3.12. The standard InChI is InChI=1S/C18H15N7/c1-2-5-14(6-3-1)17(22-18-19-11-4-12-20-18)15-7-9-16(10-8-15)25-13-21-23-24-25/h1-13,17H,(H,19,20,22). The van der Waals surface area contributed by atoms with Crippen LogP contribution in [0.5, 0.6) is 0 Å². The zero-order valence-corrected chi connectivity index (χ0v) is 13.3. The third-order valence-electron chi connectivity index (χ3n) is 3.81. The van der Waals surface area contributed by atoms with E-state index in [1.807, 2.05) is 42.5 Å². The van der Waals surface area contributed by atoms with Crippen molar-refractivity contribution in [2.75, 3.05) is 5.32 Å². The van der Waals surface area contributed by atoms with Crippen molar-refractivity contribution in [3.05, 3.63) is 90.5 Å². The van der Waals surface area contributed by atoms with Crippen LogP contribution in [-0.4, -0.2) is 30.2 Å². The minimum Gasteiger partial charge on any atom is -0.343 e. The van der Waals surface area contributed by atoms with Crippen molar-refractivity contribution in [1.82, 2.24) is 30.2 Å². The normalized spacial score (nSPS) is 11.8. The summed E-state index contributed by atoms with van der Waals surface area (Å²) in [4.78, 5) is 8.55. The number of benzene rings is 2. The van der Waals surface area contributed by atoms with E-state index >= 15 is 0 Å². The van der Waals surface area contributed by atoms with Crippen LogP contribution < -0.4 is 5.32 Å². The molecule has 0 fully saturated rings. The molecular weight excluding hydrogens is 314 g/mol. The summed E-state index contributed by atoms with van der Waals surface area (Å²) in [7, 11) is 0. The summed E-state index contributed by atoms with van der Waals surface area (Å²) >= 11 is 0. The Morgan fingerprint density at radius 2 is 1.52 bits per heavy atom. The SMILES string of the molecule is c1ccc(C(Nc2ncccn2)c2ccc(-n3cnnn3)cc2)cc1. The summed E-state index contributed by atoms with van der Waals surface area (Å²) in [6.07, 6.45) is 5.01. The lowest BCUT2D eigenvalue weighted by Crippen LogP contribution is -2.14. The fourth-order valence-corrected chi connectivity index (χ4v) is 2.61. The van der Waals surface area contributed by atoms with Gasteiger partial charge in [0.25, 0.3) is 0 Å². The van der Waals surface area contributed by atoms with Gasteiger partial charge in [-0.1, -0.05) is 42.5 Å². The highest BCUT2D eigenvalue weighted by molar-refractivity contribution is 5.43. The van der Waals surface area contributed by atoms with E-state index in [0.29, 0.717) is 5.95 Å². The monoisotopic (exact) mass is 329 g/mol. The van der Waals surface area contributed by atoms with Crippen LogP contribution >= 0.6 is 0 Å². The molecule has 1 N–H and O–H groups in total. The van der Waals surface area contributed by atoms with Crippen molar-refractivity contribution in [1.29, 1.82) is 0 Å². The predicted octanol–water partition coefficient (Wildman–Crippen LogP) is 2.65. The summed E-state index contributed by atoms with van der Waals surface area (Å²) in [6, 6.07) is 20.0. The molecule has 0 saturated heterocycles. The molecule has 122 valence electrons. The topological polar surface area (TPSA) is 81.4 Å². The molecular formula is C18H15N7. The average Bonchev–Trinajstić information content (AvgIpc) is 3.23. The van der Waals surface area contributed by atoms with Gasteiger partial charge in [0.1, 0.15) is 6.33 Å². The molecule has 0 aliphatic heterocycles. The first-order chi connectivity index (χ1) is 12.4. The van der Waals surface area contributed by atoms with E-state index in [9.17, 15) is 0 Å². The highest BCUT2D eigenvalue weighted by Crippen LogP contribution is 2.26. The Labute approximate surface area is 144 Å². The number of aromatic nitrogens is 6. The zero-order chi connectivity index (χ0) is 16.9. The second-order valence-electron chi connectivity index (χ2n) is 5.41. The Bertz CT molecular complexity index is 907. The molecule has 2 heterocycles. The van der Waals surface area contributed by atoms with E-state index in [2.05, 4.69) is 42.9 Å². The third-order valence-corrected chi connectivity index (χ3v) is 3.81. The maximum absolute atomic E-state index is 4.27. The lowest BCUT2D eigenvalue weighted by atomic mass is 9.98. The molecule has 1 atom stereocenters. The number of hydrogen-bond acceptors (Lipinski definition) is 6. The van der Waals surface area contributed by atoms with Crippen molar-refractivity contribution < 1.29 is 0 Å². The molecule has 4 rings (SSSR count). The van der Waals surface area contributed by atoms with Crippen LogP contribution in [-0.2, 0) is 0 Å². The average molecular weight is 329 g/mol. The largest absolute Gasteiger partial charge is 0.343 e. The van der Waals surface area contributed by atoms with E-state index in [-0.39, 0.29) is 6.04 Å². The van der Waals surface area contributed by atoms with E-state index in [1.54, 1.807) is 29.5 Å². The first-order valence-electron chi connectivity index (χ1n) is 7.82. The van der Waals surface area contributed by atoms with Gasteiger partial charge < -0.3 is 5.32 Å². The first-order valence-corrected chi connectivity index (χ1v) is 7.82. The minimum absolute atomic E-state index is 0.0634. The van der Waals surface area contributed by atoms with Gasteiger partial charge in [0.15, 0.2) is 0 Å². The van der Waals surface area contributed by atoms with Gasteiger partial charge >= 0.3 is 0 Å². The van der Waals surface area contributed by atoms with Crippen LogP contribution in [0.25, 0.3) is 5.69 Å². The summed E-state index contributed by atoms with van der Waals surface area (Å²) in [5, 5.41) is 14.6. The Kier molecular flexibility index (Phi) is 4.11. The summed E-state index contributed by atoms with van der Waals surface area (Å²) in [5.74, 6) is 0.584. The van der Waals surface area contributed by atoms with E-state index in [0.717, 1.165) is 16.8 Å².